The van der Waals surface area contributed by atoms with Crippen LogP contribution in [-0.4, -0.2) is 30.1 Å². The molecule has 0 bridgehead atoms. The fourth-order valence-electron chi connectivity index (χ4n) is 2.85. The average molecular weight is 430 g/mol. The van der Waals surface area contributed by atoms with E-state index in [-0.39, 0.29) is 12.0 Å². The van der Waals surface area contributed by atoms with E-state index in [2.05, 4.69) is 20.9 Å². The lowest BCUT2D eigenvalue weighted by Crippen LogP contribution is -2.27. The lowest BCUT2D eigenvalue weighted by molar-refractivity contribution is -0.137. The molecular weight excluding hydrogens is 415 g/mol. The number of carbonyl (C=O) groups is 1. The Hall–Kier alpha value is -2.29. The molecule has 2 aromatic rings. The van der Waals surface area contributed by atoms with Crippen LogP contribution < -0.4 is 15.4 Å². The molecule has 138 valence electrons. The van der Waals surface area contributed by atoms with Gasteiger partial charge in [-0.2, -0.15) is 13.2 Å². The number of hydrogen-bond donors (Lipinski definition) is 1. The molecule has 1 aliphatic rings. The third-order valence-electron chi connectivity index (χ3n) is 4.07. The molecule has 0 saturated carbocycles. The van der Waals surface area contributed by atoms with E-state index < -0.39 is 17.6 Å². The zero-order valence-electron chi connectivity index (χ0n) is 13.5. The summed E-state index contributed by atoms with van der Waals surface area (Å²) in [5, 5.41) is 0. The number of benzene rings is 1. The highest BCUT2D eigenvalue weighted by atomic mass is 79.9. The highest BCUT2D eigenvalue weighted by Gasteiger charge is 2.31. The van der Waals surface area contributed by atoms with Gasteiger partial charge in [-0.25, -0.2) is 4.98 Å². The normalized spacial score (nSPS) is 17.4. The third kappa shape index (κ3) is 3.92. The van der Waals surface area contributed by atoms with E-state index >= 15 is 0 Å². The molecule has 1 fully saturated rings. The third-order valence-corrected chi connectivity index (χ3v) is 4.74. The van der Waals surface area contributed by atoms with E-state index in [4.69, 9.17) is 10.5 Å². The molecule has 26 heavy (non-hydrogen) atoms. The van der Waals surface area contributed by atoms with Gasteiger partial charge in [-0.3, -0.25) is 4.79 Å². The predicted octanol–water partition coefficient (Wildman–Crippen LogP) is 3.62. The van der Waals surface area contributed by atoms with Crippen molar-refractivity contribution in [1.82, 2.24) is 4.98 Å². The minimum absolute atomic E-state index is 0.134. The molecule has 1 aromatic heterocycles. The van der Waals surface area contributed by atoms with Crippen LogP contribution in [0.15, 0.2) is 41.0 Å². The SMILES string of the molecule is NC(=O)c1c(Br)cccc1N1CC[C@H](Oc2ccc(C(F)(F)F)cn2)C1. The number of nitrogens with two attached hydrogens (primary N) is 1. The minimum Gasteiger partial charge on any atom is -0.472 e. The largest absolute Gasteiger partial charge is 0.472 e. The van der Waals surface area contributed by atoms with E-state index in [1.807, 2.05) is 4.90 Å². The van der Waals surface area contributed by atoms with Gasteiger partial charge in [0.1, 0.15) is 6.10 Å². The van der Waals surface area contributed by atoms with Crippen LogP contribution in [0.1, 0.15) is 22.3 Å². The van der Waals surface area contributed by atoms with Gasteiger partial charge in [0.2, 0.25) is 5.88 Å². The zero-order chi connectivity index (χ0) is 18.9. The van der Waals surface area contributed by atoms with E-state index in [0.29, 0.717) is 35.2 Å². The first kappa shape index (κ1) is 18.5. The molecule has 2 N–H and O–H groups in total. The molecule has 0 unspecified atom stereocenters. The number of alkyl halides is 3. The fraction of sp³-hybridized carbons (Fsp3) is 0.294. The Morgan fingerprint density at radius 3 is 2.69 bits per heavy atom. The van der Waals surface area contributed by atoms with Crippen molar-refractivity contribution in [1.29, 1.82) is 0 Å². The van der Waals surface area contributed by atoms with Crippen LogP contribution in [0.4, 0.5) is 18.9 Å². The molecule has 1 saturated heterocycles. The summed E-state index contributed by atoms with van der Waals surface area (Å²) < 4.78 is 44.0. The summed E-state index contributed by atoms with van der Waals surface area (Å²) in [6.07, 6.45) is -3.28. The molecule has 0 radical (unpaired) electrons. The summed E-state index contributed by atoms with van der Waals surface area (Å²) in [7, 11) is 0. The Labute approximate surface area is 156 Å². The number of amides is 1. The van der Waals surface area contributed by atoms with Crippen molar-refractivity contribution in [3.8, 4) is 5.88 Å². The van der Waals surface area contributed by atoms with Crippen LogP contribution in [0.2, 0.25) is 0 Å². The molecule has 1 aromatic carbocycles. The van der Waals surface area contributed by atoms with Gasteiger partial charge in [0.15, 0.2) is 0 Å². The van der Waals surface area contributed by atoms with Crippen molar-refractivity contribution in [2.75, 3.05) is 18.0 Å². The maximum atomic E-state index is 12.6. The molecular formula is C17H15BrF3N3O2. The first-order valence-corrected chi connectivity index (χ1v) is 8.58. The van der Waals surface area contributed by atoms with Gasteiger partial charge in [-0.1, -0.05) is 6.07 Å². The number of carbonyl (C=O) groups excluding carboxylic acids is 1. The van der Waals surface area contributed by atoms with Crippen molar-refractivity contribution in [3.05, 3.63) is 52.1 Å². The summed E-state index contributed by atoms with van der Waals surface area (Å²) in [5.41, 5.74) is 5.72. The Balaban J connectivity index is 1.70. The van der Waals surface area contributed by atoms with Gasteiger partial charge in [-0.05, 0) is 34.1 Å². The summed E-state index contributed by atoms with van der Waals surface area (Å²) in [6, 6.07) is 7.48. The lowest BCUT2D eigenvalue weighted by atomic mass is 10.1. The van der Waals surface area contributed by atoms with Gasteiger partial charge >= 0.3 is 6.18 Å². The smallest absolute Gasteiger partial charge is 0.417 e. The number of ether oxygens (including phenoxy) is 1. The monoisotopic (exact) mass is 429 g/mol. The second-order valence-corrected chi connectivity index (χ2v) is 6.71. The molecule has 1 atom stereocenters. The van der Waals surface area contributed by atoms with Crippen LogP contribution in [0.3, 0.4) is 0 Å². The molecule has 5 nitrogen and oxygen atoms in total. The van der Waals surface area contributed by atoms with Crippen LogP contribution >= 0.6 is 15.9 Å². The van der Waals surface area contributed by atoms with Gasteiger partial charge in [0.05, 0.1) is 23.4 Å². The topological polar surface area (TPSA) is 68.5 Å². The Morgan fingerprint density at radius 2 is 2.08 bits per heavy atom. The average Bonchev–Trinajstić information content (AvgIpc) is 3.02. The molecule has 2 heterocycles. The van der Waals surface area contributed by atoms with Crippen molar-refractivity contribution in [2.45, 2.75) is 18.7 Å². The minimum atomic E-state index is -4.43. The number of pyridine rings is 1. The summed E-state index contributed by atoms with van der Waals surface area (Å²) in [6.45, 7) is 1.10. The summed E-state index contributed by atoms with van der Waals surface area (Å²) >= 11 is 3.33. The van der Waals surface area contributed by atoms with E-state index in [9.17, 15) is 18.0 Å². The van der Waals surface area contributed by atoms with Gasteiger partial charge < -0.3 is 15.4 Å². The molecule has 9 heteroatoms. The van der Waals surface area contributed by atoms with Gasteiger partial charge in [0, 0.05) is 29.7 Å². The number of aromatic nitrogens is 1. The first-order valence-electron chi connectivity index (χ1n) is 7.79. The maximum Gasteiger partial charge on any atom is 0.417 e. The Bertz CT molecular complexity index is 812. The second kappa shape index (κ2) is 7.14. The Morgan fingerprint density at radius 1 is 1.31 bits per heavy atom. The first-order chi connectivity index (χ1) is 12.3. The lowest BCUT2D eigenvalue weighted by Gasteiger charge is -2.21. The molecule has 3 rings (SSSR count). The number of anilines is 1. The van der Waals surface area contributed by atoms with E-state index in [1.165, 1.54) is 6.07 Å². The number of hydrogen-bond acceptors (Lipinski definition) is 4. The summed E-state index contributed by atoms with van der Waals surface area (Å²) in [4.78, 5) is 17.4. The molecule has 1 aliphatic heterocycles. The summed E-state index contributed by atoms with van der Waals surface area (Å²) in [5.74, 6) is -0.407. The fourth-order valence-corrected chi connectivity index (χ4v) is 3.40. The molecule has 0 aliphatic carbocycles. The van der Waals surface area contributed by atoms with Crippen LogP contribution in [0, 0.1) is 0 Å². The van der Waals surface area contributed by atoms with E-state index in [1.54, 1.807) is 18.2 Å². The number of primary amides is 1. The van der Waals surface area contributed by atoms with Crippen LogP contribution in [-0.2, 0) is 6.18 Å². The Kier molecular flexibility index (Phi) is 5.08. The predicted molar refractivity (Wildman–Crippen MR) is 93.1 cm³/mol. The number of rotatable bonds is 4. The number of halogens is 4. The standard InChI is InChI=1S/C17H15BrF3N3O2/c18-12-2-1-3-13(15(12)16(22)25)24-7-6-11(9-24)26-14-5-4-10(8-23-14)17(19,20)21/h1-5,8,11H,6-7,9H2,(H2,22,25)/t11-/m0/s1. The maximum absolute atomic E-state index is 12.6. The van der Waals surface area contributed by atoms with Crippen molar-refractivity contribution in [2.24, 2.45) is 5.73 Å². The van der Waals surface area contributed by atoms with Crippen LogP contribution in [0.5, 0.6) is 5.88 Å². The quantitative estimate of drug-likeness (QED) is 0.805. The van der Waals surface area contributed by atoms with Gasteiger partial charge in [0.25, 0.3) is 5.91 Å². The van der Waals surface area contributed by atoms with Crippen LogP contribution in [0.25, 0.3) is 0 Å². The van der Waals surface area contributed by atoms with Gasteiger partial charge in [-0.15, -0.1) is 0 Å². The van der Waals surface area contributed by atoms with E-state index in [0.717, 1.165) is 12.3 Å². The van der Waals surface area contributed by atoms with Crippen molar-refractivity contribution < 1.29 is 22.7 Å². The molecule has 1 amide bonds. The molecule has 0 spiro atoms. The highest BCUT2D eigenvalue weighted by molar-refractivity contribution is 9.10. The number of nitrogens with zero attached hydrogens (tertiary/aromatic N) is 2. The van der Waals surface area contributed by atoms with Crippen molar-refractivity contribution >= 4 is 27.5 Å². The highest BCUT2D eigenvalue weighted by Crippen LogP contribution is 2.32. The van der Waals surface area contributed by atoms with Crippen molar-refractivity contribution in [3.63, 3.8) is 0 Å². The zero-order valence-corrected chi connectivity index (χ0v) is 15.0. The second-order valence-electron chi connectivity index (χ2n) is 5.86.